The zero-order chi connectivity index (χ0) is 12.7. The highest BCUT2D eigenvalue weighted by Crippen LogP contribution is 2.13. The van der Waals surface area contributed by atoms with Crippen LogP contribution < -0.4 is 4.72 Å². The highest BCUT2D eigenvalue weighted by molar-refractivity contribution is 7.89. The Morgan fingerprint density at radius 1 is 1.47 bits per heavy atom. The van der Waals surface area contributed by atoms with E-state index in [0.29, 0.717) is 12.5 Å². The van der Waals surface area contributed by atoms with Crippen LogP contribution in [0.3, 0.4) is 0 Å². The van der Waals surface area contributed by atoms with Gasteiger partial charge in [0, 0.05) is 12.7 Å². The topological polar surface area (TPSA) is 74.8 Å². The Kier molecular flexibility index (Phi) is 5.64. The van der Waals surface area contributed by atoms with E-state index in [-0.39, 0.29) is 4.90 Å². The fraction of sp³-hybridized carbons (Fsp3) is 0.727. The lowest BCUT2D eigenvalue weighted by Crippen LogP contribution is -2.29. The number of sulfonamides is 1. The smallest absolute Gasteiger partial charge is 0.243 e. The molecular formula is C11H21N3O2S. The average molecular weight is 259 g/mol. The molecule has 0 spiro atoms. The standard InChI is InChI=1S/C11H21N3O2S/c1-3-5-6-10(4-2)7-14-17(15,16)11-8-12-13-9-11/h8-10,14H,3-7H2,1-2H3,(H,12,13). The van der Waals surface area contributed by atoms with Gasteiger partial charge < -0.3 is 0 Å². The number of unbranched alkanes of at least 4 members (excludes halogenated alkanes) is 1. The van der Waals surface area contributed by atoms with Gasteiger partial charge in [0.1, 0.15) is 4.90 Å². The van der Waals surface area contributed by atoms with Crippen LogP contribution in [-0.2, 0) is 10.0 Å². The van der Waals surface area contributed by atoms with E-state index in [1.165, 1.54) is 12.4 Å². The SMILES string of the molecule is CCCCC(CC)CNS(=O)(=O)c1cn[nH]c1. The number of hydrogen-bond acceptors (Lipinski definition) is 3. The fourth-order valence-electron chi connectivity index (χ4n) is 1.64. The maximum Gasteiger partial charge on any atom is 0.243 e. The summed E-state index contributed by atoms with van der Waals surface area (Å²) in [5.41, 5.74) is 0. The number of nitrogens with zero attached hydrogens (tertiary/aromatic N) is 1. The van der Waals surface area contributed by atoms with Gasteiger partial charge in [-0.25, -0.2) is 13.1 Å². The van der Waals surface area contributed by atoms with E-state index in [4.69, 9.17) is 0 Å². The van der Waals surface area contributed by atoms with Crippen LogP contribution in [0, 0.1) is 5.92 Å². The molecule has 0 saturated heterocycles. The van der Waals surface area contributed by atoms with Crippen molar-refractivity contribution in [1.82, 2.24) is 14.9 Å². The zero-order valence-electron chi connectivity index (χ0n) is 10.4. The molecule has 0 aromatic carbocycles. The molecule has 0 aliphatic heterocycles. The van der Waals surface area contributed by atoms with Crippen molar-refractivity contribution in [3.05, 3.63) is 12.4 Å². The summed E-state index contributed by atoms with van der Waals surface area (Å²) >= 11 is 0. The summed E-state index contributed by atoms with van der Waals surface area (Å²) in [5, 5.41) is 6.14. The molecule has 5 nitrogen and oxygen atoms in total. The third-order valence-electron chi connectivity index (χ3n) is 2.89. The molecule has 1 unspecified atom stereocenters. The molecule has 0 fully saturated rings. The maximum absolute atomic E-state index is 11.8. The first-order valence-electron chi connectivity index (χ1n) is 6.08. The lowest BCUT2D eigenvalue weighted by molar-refractivity contribution is 0.444. The molecule has 98 valence electrons. The van der Waals surface area contributed by atoms with Crippen LogP contribution in [0.25, 0.3) is 0 Å². The third-order valence-corrected chi connectivity index (χ3v) is 4.28. The first-order chi connectivity index (χ1) is 8.10. The van der Waals surface area contributed by atoms with E-state index in [2.05, 4.69) is 28.8 Å². The van der Waals surface area contributed by atoms with Gasteiger partial charge in [0.2, 0.25) is 10.0 Å². The van der Waals surface area contributed by atoms with Gasteiger partial charge in [-0.3, -0.25) is 5.10 Å². The van der Waals surface area contributed by atoms with Crippen molar-refractivity contribution >= 4 is 10.0 Å². The summed E-state index contributed by atoms with van der Waals surface area (Å²) in [7, 11) is -3.39. The van der Waals surface area contributed by atoms with Crippen LogP contribution in [0.1, 0.15) is 39.5 Å². The Balaban J connectivity index is 2.49. The van der Waals surface area contributed by atoms with Crippen LogP contribution >= 0.6 is 0 Å². The van der Waals surface area contributed by atoms with Crippen molar-refractivity contribution in [3.63, 3.8) is 0 Å². The number of nitrogens with one attached hydrogen (secondary N) is 2. The van der Waals surface area contributed by atoms with Crippen molar-refractivity contribution in [3.8, 4) is 0 Å². The minimum atomic E-state index is -3.39. The molecule has 1 heterocycles. The average Bonchev–Trinajstić information content (AvgIpc) is 2.83. The first kappa shape index (κ1) is 14.2. The number of aromatic nitrogens is 2. The van der Waals surface area contributed by atoms with Gasteiger partial charge in [-0.15, -0.1) is 0 Å². The van der Waals surface area contributed by atoms with Gasteiger partial charge in [0.25, 0.3) is 0 Å². The van der Waals surface area contributed by atoms with Crippen LogP contribution in [-0.4, -0.2) is 25.2 Å². The highest BCUT2D eigenvalue weighted by atomic mass is 32.2. The van der Waals surface area contributed by atoms with E-state index in [1.807, 2.05) is 0 Å². The minimum Gasteiger partial charge on any atom is -0.284 e. The second-order valence-electron chi connectivity index (χ2n) is 4.20. The quantitative estimate of drug-likeness (QED) is 0.748. The normalized spacial score (nSPS) is 13.8. The van der Waals surface area contributed by atoms with E-state index in [1.54, 1.807) is 0 Å². The molecule has 17 heavy (non-hydrogen) atoms. The van der Waals surface area contributed by atoms with Gasteiger partial charge in [0.05, 0.1) is 6.20 Å². The van der Waals surface area contributed by atoms with Gasteiger partial charge in [-0.05, 0) is 12.3 Å². The zero-order valence-corrected chi connectivity index (χ0v) is 11.3. The number of hydrogen-bond donors (Lipinski definition) is 2. The summed E-state index contributed by atoms with van der Waals surface area (Å²) in [6.45, 7) is 4.73. The number of rotatable bonds is 8. The van der Waals surface area contributed by atoms with Crippen LogP contribution in [0.15, 0.2) is 17.3 Å². The molecule has 1 atom stereocenters. The largest absolute Gasteiger partial charge is 0.284 e. The number of H-pyrrole nitrogens is 1. The molecule has 1 aromatic heterocycles. The van der Waals surface area contributed by atoms with E-state index >= 15 is 0 Å². The molecule has 1 rings (SSSR count). The van der Waals surface area contributed by atoms with Gasteiger partial charge in [-0.2, -0.15) is 5.10 Å². The van der Waals surface area contributed by atoms with Crippen molar-refractivity contribution in [2.45, 2.75) is 44.4 Å². The second kappa shape index (κ2) is 6.76. The molecule has 2 N–H and O–H groups in total. The Labute approximate surface area is 103 Å². The molecule has 1 aromatic rings. The molecule has 0 aliphatic carbocycles. The van der Waals surface area contributed by atoms with Crippen molar-refractivity contribution in [1.29, 1.82) is 0 Å². The molecule has 0 aliphatic rings. The third kappa shape index (κ3) is 4.47. The van der Waals surface area contributed by atoms with Crippen LogP contribution in [0.5, 0.6) is 0 Å². The molecule has 0 bridgehead atoms. The van der Waals surface area contributed by atoms with Gasteiger partial charge in [-0.1, -0.05) is 33.1 Å². The molecular weight excluding hydrogens is 238 g/mol. The van der Waals surface area contributed by atoms with Crippen molar-refractivity contribution < 1.29 is 8.42 Å². The molecule has 0 radical (unpaired) electrons. The van der Waals surface area contributed by atoms with Crippen LogP contribution in [0.4, 0.5) is 0 Å². The van der Waals surface area contributed by atoms with Crippen molar-refractivity contribution in [2.24, 2.45) is 5.92 Å². The maximum atomic E-state index is 11.8. The lowest BCUT2D eigenvalue weighted by atomic mass is 10.00. The summed E-state index contributed by atoms with van der Waals surface area (Å²) in [6.07, 6.45) is 7.05. The predicted octanol–water partition coefficient (Wildman–Crippen LogP) is 1.90. The molecule has 0 saturated carbocycles. The van der Waals surface area contributed by atoms with Crippen molar-refractivity contribution in [2.75, 3.05) is 6.54 Å². The van der Waals surface area contributed by atoms with Gasteiger partial charge in [0.15, 0.2) is 0 Å². The minimum absolute atomic E-state index is 0.197. The van der Waals surface area contributed by atoms with E-state index in [0.717, 1.165) is 25.7 Å². The summed E-state index contributed by atoms with van der Waals surface area (Å²) in [4.78, 5) is 0.197. The first-order valence-corrected chi connectivity index (χ1v) is 7.57. The highest BCUT2D eigenvalue weighted by Gasteiger charge is 2.16. The lowest BCUT2D eigenvalue weighted by Gasteiger charge is -2.14. The Morgan fingerprint density at radius 3 is 2.76 bits per heavy atom. The number of aromatic amines is 1. The Morgan fingerprint density at radius 2 is 2.24 bits per heavy atom. The fourth-order valence-corrected chi connectivity index (χ4v) is 2.66. The summed E-state index contributed by atoms with van der Waals surface area (Å²) < 4.78 is 26.3. The van der Waals surface area contributed by atoms with Crippen LogP contribution in [0.2, 0.25) is 0 Å². The summed E-state index contributed by atoms with van der Waals surface area (Å²) in [6, 6.07) is 0. The van der Waals surface area contributed by atoms with E-state index < -0.39 is 10.0 Å². The molecule has 0 amide bonds. The Bertz CT molecular complexity index is 400. The monoisotopic (exact) mass is 259 g/mol. The second-order valence-corrected chi connectivity index (χ2v) is 5.97. The Hall–Kier alpha value is -0.880. The van der Waals surface area contributed by atoms with Gasteiger partial charge >= 0.3 is 0 Å². The predicted molar refractivity (Wildman–Crippen MR) is 67.1 cm³/mol. The molecule has 6 heteroatoms. The van der Waals surface area contributed by atoms with E-state index in [9.17, 15) is 8.42 Å². The summed E-state index contributed by atoms with van der Waals surface area (Å²) in [5.74, 6) is 0.414.